The van der Waals surface area contributed by atoms with Gasteiger partial charge in [-0.3, -0.25) is 0 Å². The number of benzene rings is 1. The summed E-state index contributed by atoms with van der Waals surface area (Å²) in [5.41, 5.74) is 8.08. The highest BCUT2D eigenvalue weighted by molar-refractivity contribution is 9.10. The standard InChI is InChI=1S/C14H12BrN3S2/c15-10-6-11(19-8-10)7-17-14-12(13(16)18-20-14)9-4-2-1-3-5-9/h1-6,8,17H,7H2,(H2,16,18). The monoisotopic (exact) mass is 365 g/mol. The predicted molar refractivity (Wildman–Crippen MR) is 91.3 cm³/mol. The molecule has 3 aromatic rings. The van der Waals surface area contributed by atoms with Gasteiger partial charge in [-0.2, -0.15) is 4.37 Å². The third-order valence-corrected chi connectivity index (χ3v) is 5.34. The summed E-state index contributed by atoms with van der Waals surface area (Å²) in [6.45, 7) is 0.776. The zero-order valence-electron chi connectivity index (χ0n) is 10.5. The molecule has 2 aromatic heterocycles. The van der Waals surface area contributed by atoms with Gasteiger partial charge in [0.2, 0.25) is 0 Å². The summed E-state index contributed by atoms with van der Waals surface area (Å²) in [5, 5.41) is 6.52. The molecule has 0 aliphatic carbocycles. The van der Waals surface area contributed by atoms with E-state index in [4.69, 9.17) is 5.73 Å². The molecule has 2 heterocycles. The summed E-state index contributed by atoms with van der Waals surface area (Å²) in [4.78, 5) is 1.27. The summed E-state index contributed by atoms with van der Waals surface area (Å²) in [5.74, 6) is 0.580. The second kappa shape index (κ2) is 5.95. The van der Waals surface area contributed by atoms with E-state index in [9.17, 15) is 0 Å². The van der Waals surface area contributed by atoms with Crippen molar-refractivity contribution in [1.29, 1.82) is 0 Å². The van der Waals surface area contributed by atoms with E-state index in [1.807, 2.05) is 30.3 Å². The summed E-state index contributed by atoms with van der Waals surface area (Å²) in [6, 6.07) is 12.2. The molecule has 1 aromatic carbocycles. The first-order valence-electron chi connectivity index (χ1n) is 6.01. The van der Waals surface area contributed by atoms with Gasteiger partial charge in [0.1, 0.15) is 10.8 Å². The minimum absolute atomic E-state index is 0.580. The largest absolute Gasteiger partial charge is 0.382 e. The van der Waals surface area contributed by atoms with Crippen molar-refractivity contribution >= 4 is 49.6 Å². The average molecular weight is 366 g/mol. The Morgan fingerprint density at radius 1 is 1.25 bits per heavy atom. The normalized spacial score (nSPS) is 10.7. The van der Waals surface area contributed by atoms with Crippen LogP contribution in [0.5, 0.6) is 0 Å². The Kier molecular flexibility index (Phi) is 4.05. The molecule has 0 aliphatic heterocycles. The Bertz CT molecular complexity index is 706. The summed E-state index contributed by atoms with van der Waals surface area (Å²) in [6.07, 6.45) is 0. The molecular weight excluding hydrogens is 354 g/mol. The highest BCUT2D eigenvalue weighted by Gasteiger charge is 2.13. The zero-order valence-corrected chi connectivity index (χ0v) is 13.7. The second-order valence-electron chi connectivity index (χ2n) is 4.22. The molecule has 0 spiro atoms. The molecule has 0 bridgehead atoms. The van der Waals surface area contributed by atoms with Crippen LogP contribution in [0, 0.1) is 0 Å². The number of nitrogens with zero attached hydrogens (tertiary/aromatic N) is 1. The molecule has 0 unspecified atom stereocenters. The molecule has 102 valence electrons. The van der Waals surface area contributed by atoms with Crippen LogP contribution >= 0.6 is 38.8 Å². The molecule has 0 atom stereocenters. The fourth-order valence-electron chi connectivity index (χ4n) is 1.92. The summed E-state index contributed by atoms with van der Waals surface area (Å²) in [7, 11) is 0. The van der Waals surface area contributed by atoms with Crippen LogP contribution in [-0.2, 0) is 6.54 Å². The molecule has 3 rings (SSSR count). The van der Waals surface area contributed by atoms with E-state index in [1.165, 1.54) is 16.4 Å². The predicted octanol–water partition coefficient (Wildman–Crippen LogP) is 4.83. The van der Waals surface area contributed by atoms with Crippen molar-refractivity contribution in [1.82, 2.24) is 4.37 Å². The molecule has 20 heavy (non-hydrogen) atoms. The van der Waals surface area contributed by atoms with Gasteiger partial charge in [0.25, 0.3) is 0 Å². The van der Waals surface area contributed by atoms with Gasteiger partial charge >= 0.3 is 0 Å². The van der Waals surface area contributed by atoms with Crippen molar-refractivity contribution in [2.45, 2.75) is 6.54 Å². The van der Waals surface area contributed by atoms with Gasteiger partial charge in [0.15, 0.2) is 0 Å². The van der Waals surface area contributed by atoms with Crippen LogP contribution < -0.4 is 11.1 Å². The van der Waals surface area contributed by atoms with Crippen LogP contribution in [-0.4, -0.2) is 4.37 Å². The smallest absolute Gasteiger partial charge is 0.147 e. The van der Waals surface area contributed by atoms with Gasteiger partial charge in [-0.25, -0.2) is 0 Å². The Morgan fingerprint density at radius 3 is 2.75 bits per heavy atom. The van der Waals surface area contributed by atoms with Crippen LogP contribution in [0.3, 0.4) is 0 Å². The van der Waals surface area contributed by atoms with Crippen molar-refractivity contribution in [3.8, 4) is 11.1 Å². The van der Waals surface area contributed by atoms with Gasteiger partial charge < -0.3 is 11.1 Å². The molecule has 0 fully saturated rings. The van der Waals surface area contributed by atoms with E-state index < -0.39 is 0 Å². The second-order valence-corrected chi connectivity index (χ2v) is 6.91. The SMILES string of the molecule is Nc1nsc(NCc2cc(Br)cs2)c1-c1ccccc1. The van der Waals surface area contributed by atoms with Crippen LogP contribution in [0.1, 0.15) is 4.88 Å². The van der Waals surface area contributed by atoms with E-state index in [-0.39, 0.29) is 0 Å². The van der Waals surface area contributed by atoms with Crippen LogP contribution in [0.2, 0.25) is 0 Å². The number of thiophene rings is 1. The quantitative estimate of drug-likeness (QED) is 0.696. The van der Waals surface area contributed by atoms with Crippen LogP contribution in [0.4, 0.5) is 10.8 Å². The highest BCUT2D eigenvalue weighted by Crippen LogP contribution is 2.37. The van der Waals surface area contributed by atoms with Crippen molar-refractivity contribution in [3.63, 3.8) is 0 Å². The fraction of sp³-hybridized carbons (Fsp3) is 0.0714. The van der Waals surface area contributed by atoms with E-state index in [2.05, 4.69) is 37.1 Å². The number of nitrogens with two attached hydrogens (primary N) is 1. The average Bonchev–Trinajstić information content (AvgIpc) is 3.03. The van der Waals surface area contributed by atoms with E-state index >= 15 is 0 Å². The first-order valence-corrected chi connectivity index (χ1v) is 8.46. The number of rotatable bonds is 4. The molecule has 6 heteroatoms. The van der Waals surface area contributed by atoms with Crippen LogP contribution in [0.15, 0.2) is 46.3 Å². The fourth-order valence-corrected chi connectivity index (χ4v) is 4.04. The number of hydrogen-bond donors (Lipinski definition) is 2. The molecule has 0 amide bonds. The molecule has 3 N–H and O–H groups in total. The van der Waals surface area contributed by atoms with Gasteiger partial charge in [-0.05, 0) is 39.1 Å². The zero-order chi connectivity index (χ0) is 13.9. The lowest BCUT2D eigenvalue weighted by Gasteiger charge is -2.06. The minimum Gasteiger partial charge on any atom is -0.382 e. The van der Waals surface area contributed by atoms with Crippen LogP contribution in [0.25, 0.3) is 11.1 Å². The summed E-state index contributed by atoms with van der Waals surface area (Å²) >= 11 is 6.59. The maximum absolute atomic E-state index is 6.00. The van der Waals surface area contributed by atoms with E-state index in [0.717, 1.165) is 27.1 Å². The van der Waals surface area contributed by atoms with E-state index in [0.29, 0.717) is 5.82 Å². The molecule has 0 aliphatic rings. The number of hydrogen-bond acceptors (Lipinski definition) is 5. The summed E-state index contributed by atoms with van der Waals surface area (Å²) < 4.78 is 5.38. The first-order chi connectivity index (χ1) is 9.74. The lowest BCUT2D eigenvalue weighted by molar-refractivity contribution is 1.21. The van der Waals surface area contributed by atoms with Gasteiger partial charge in [0.05, 0.1) is 12.1 Å². The van der Waals surface area contributed by atoms with Crippen molar-refractivity contribution in [3.05, 3.63) is 51.1 Å². The Balaban J connectivity index is 1.84. The maximum atomic E-state index is 6.00. The van der Waals surface area contributed by atoms with Crippen molar-refractivity contribution in [2.24, 2.45) is 0 Å². The van der Waals surface area contributed by atoms with Gasteiger partial charge in [-0.15, -0.1) is 11.3 Å². The lowest BCUT2D eigenvalue weighted by atomic mass is 10.1. The molecule has 0 saturated heterocycles. The highest BCUT2D eigenvalue weighted by atomic mass is 79.9. The lowest BCUT2D eigenvalue weighted by Crippen LogP contribution is -1.97. The third-order valence-electron chi connectivity index (χ3n) is 2.83. The maximum Gasteiger partial charge on any atom is 0.147 e. The minimum atomic E-state index is 0.580. The van der Waals surface area contributed by atoms with Crippen molar-refractivity contribution < 1.29 is 0 Å². The number of halogens is 1. The Morgan fingerprint density at radius 2 is 2.05 bits per heavy atom. The van der Waals surface area contributed by atoms with E-state index in [1.54, 1.807) is 11.3 Å². The third kappa shape index (κ3) is 2.87. The molecule has 3 nitrogen and oxygen atoms in total. The van der Waals surface area contributed by atoms with Crippen molar-refractivity contribution in [2.75, 3.05) is 11.1 Å². The number of anilines is 2. The Labute approximate surface area is 133 Å². The number of aromatic nitrogens is 1. The van der Waals surface area contributed by atoms with Gasteiger partial charge in [-0.1, -0.05) is 30.3 Å². The topological polar surface area (TPSA) is 50.9 Å². The first kappa shape index (κ1) is 13.6. The number of nitrogens with one attached hydrogen (secondary N) is 1. The number of nitrogen functional groups attached to an aromatic ring is 1. The molecule has 0 radical (unpaired) electrons. The molecular formula is C14H12BrN3S2. The van der Waals surface area contributed by atoms with Gasteiger partial charge in [0, 0.05) is 14.7 Å². The Hall–Kier alpha value is -1.37. The molecule has 0 saturated carbocycles.